The molecule has 0 spiro atoms. The molecular formula is C11H13N3OS. The number of aromatic nitrogens is 3. The maximum absolute atomic E-state index is 10.5. The van der Waals surface area contributed by atoms with E-state index in [1.165, 1.54) is 6.20 Å². The maximum Gasteiger partial charge on any atom is 0.164 e. The summed E-state index contributed by atoms with van der Waals surface area (Å²) in [6, 6.07) is 0. The van der Waals surface area contributed by atoms with Crippen LogP contribution in [0.1, 0.15) is 36.1 Å². The zero-order valence-corrected chi connectivity index (χ0v) is 10.3. The summed E-state index contributed by atoms with van der Waals surface area (Å²) in [6.07, 6.45) is 3.98. The van der Waals surface area contributed by atoms with E-state index in [1.54, 1.807) is 22.2 Å². The smallest absolute Gasteiger partial charge is 0.164 e. The Morgan fingerprint density at radius 3 is 2.69 bits per heavy atom. The molecule has 0 aliphatic heterocycles. The van der Waals surface area contributed by atoms with Crippen LogP contribution < -0.4 is 0 Å². The minimum absolute atomic E-state index is 0.0452. The molecule has 0 saturated carbocycles. The molecule has 0 atom stereocenters. The van der Waals surface area contributed by atoms with Gasteiger partial charge in [0.15, 0.2) is 12.1 Å². The molecule has 0 aliphatic carbocycles. The summed E-state index contributed by atoms with van der Waals surface area (Å²) in [4.78, 5) is 15.0. The Balaban J connectivity index is 2.35. The first-order valence-electron chi connectivity index (χ1n) is 4.97. The Bertz CT molecular complexity index is 507. The second-order valence-electron chi connectivity index (χ2n) is 4.60. The second-order valence-corrected chi connectivity index (χ2v) is 5.46. The third-order valence-corrected chi connectivity index (χ3v) is 3.36. The molecule has 0 fully saturated rings. The van der Waals surface area contributed by atoms with Gasteiger partial charge in [-0.1, -0.05) is 20.8 Å². The Morgan fingerprint density at radius 1 is 1.44 bits per heavy atom. The van der Waals surface area contributed by atoms with Crippen LogP contribution in [0, 0.1) is 0 Å². The lowest BCUT2D eigenvalue weighted by atomic mass is 9.98. The van der Waals surface area contributed by atoms with Crippen molar-refractivity contribution in [3.05, 3.63) is 28.3 Å². The molecular weight excluding hydrogens is 222 g/mol. The Labute approximate surface area is 97.9 Å². The Kier molecular flexibility index (Phi) is 2.63. The number of thiazole rings is 1. The van der Waals surface area contributed by atoms with Crippen molar-refractivity contribution in [2.75, 3.05) is 0 Å². The first-order valence-corrected chi connectivity index (χ1v) is 5.85. The SMILES string of the molecule is CC(C)(C)c1nc(-n2cc(C=O)cn2)cs1. The first kappa shape index (κ1) is 11.0. The van der Waals surface area contributed by atoms with Gasteiger partial charge in [0.25, 0.3) is 0 Å². The average Bonchev–Trinajstić information content (AvgIpc) is 2.85. The molecule has 0 N–H and O–H groups in total. The first-order chi connectivity index (χ1) is 7.50. The standard InChI is InChI=1S/C11H13N3OS/c1-11(2,3)10-13-9(7-16-10)14-5-8(6-15)4-12-14/h4-7H,1-3H3. The normalized spacial score (nSPS) is 11.7. The second kappa shape index (κ2) is 3.83. The van der Waals surface area contributed by atoms with Gasteiger partial charge in [-0.2, -0.15) is 5.10 Å². The molecule has 16 heavy (non-hydrogen) atoms. The van der Waals surface area contributed by atoms with Gasteiger partial charge >= 0.3 is 0 Å². The third-order valence-electron chi connectivity index (χ3n) is 2.11. The minimum Gasteiger partial charge on any atom is -0.298 e. The van der Waals surface area contributed by atoms with E-state index < -0.39 is 0 Å². The molecule has 2 heterocycles. The molecule has 2 rings (SSSR count). The van der Waals surface area contributed by atoms with Gasteiger partial charge in [0.2, 0.25) is 0 Å². The molecule has 0 saturated heterocycles. The highest BCUT2D eigenvalue weighted by atomic mass is 32.1. The lowest BCUT2D eigenvalue weighted by Crippen LogP contribution is -2.10. The molecule has 2 aromatic rings. The Morgan fingerprint density at radius 2 is 2.19 bits per heavy atom. The predicted molar refractivity (Wildman–Crippen MR) is 63.3 cm³/mol. The highest BCUT2D eigenvalue weighted by molar-refractivity contribution is 7.10. The average molecular weight is 235 g/mol. The molecule has 84 valence electrons. The number of hydrogen-bond donors (Lipinski definition) is 0. The molecule has 0 aliphatic rings. The van der Waals surface area contributed by atoms with E-state index >= 15 is 0 Å². The van der Waals surface area contributed by atoms with Crippen LogP contribution in [-0.4, -0.2) is 21.1 Å². The fourth-order valence-electron chi connectivity index (χ4n) is 1.24. The van der Waals surface area contributed by atoms with Crippen LogP contribution in [0.5, 0.6) is 0 Å². The van der Waals surface area contributed by atoms with E-state index in [1.807, 2.05) is 5.38 Å². The minimum atomic E-state index is 0.0452. The lowest BCUT2D eigenvalue weighted by Gasteiger charge is -2.13. The van der Waals surface area contributed by atoms with E-state index in [-0.39, 0.29) is 5.41 Å². The van der Waals surface area contributed by atoms with Crippen LogP contribution in [0.4, 0.5) is 0 Å². The third kappa shape index (κ3) is 2.04. The number of hydrogen-bond acceptors (Lipinski definition) is 4. The summed E-state index contributed by atoms with van der Waals surface area (Å²) in [7, 11) is 0. The summed E-state index contributed by atoms with van der Waals surface area (Å²) in [5, 5.41) is 7.09. The van der Waals surface area contributed by atoms with Crippen LogP contribution in [0.2, 0.25) is 0 Å². The molecule has 0 bridgehead atoms. The quantitative estimate of drug-likeness (QED) is 0.751. The van der Waals surface area contributed by atoms with E-state index in [0.717, 1.165) is 17.1 Å². The van der Waals surface area contributed by atoms with Crippen molar-refractivity contribution in [2.45, 2.75) is 26.2 Å². The monoisotopic (exact) mass is 235 g/mol. The van der Waals surface area contributed by atoms with Crippen molar-refractivity contribution in [3.63, 3.8) is 0 Å². The highest BCUT2D eigenvalue weighted by Gasteiger charge is 2.18. The summed E-state index contributed by atoms with van der Waals surface area (Å²) < 4.78 is 1.62. The molecule has 4 nitrogen and oxygen atoms in total. The fraction of sp³-hybridized carbons (Fsp3) is 0.364. The molecule has 0 unspecified atom stereocenters. The number of aldehydes is 1. The summed E-state index contributed by atoms with van der Waals surface area (Å²) >= 11 is 1.61. The number of carbonyl (C=O) groups is 1. The predicted octanol–water partition coefficient (Wildman–Crippen LogP) is 2.44. The number of rotatable bonds is 2. The van der Waals surface area contributed by atoms with Crippen LogP contribution in [0.25, 0.3) is 5.82 Å². The molecule has 0 aromatic carbocycles. The van der Waals surface area contributed by atoms with Gasteiger partial charge in [-0.05, 0) is 0 Å². The number of carbonyl (C=O) groups excluding carboxylic acids is 1. The summed E-state index contributed by atoms with van der Waals surface area (Å²) in [5.74, 6) is 0.767. The van der Waals surface area contributed by atoms with Gasteiger partial charge in [0.1, 0.15) is 5.01 Å². The van der Waals surface area contributed by atoms with E-state index in [0.29, 0.717) is 5.56 Å². The van der Waals surface area contributed by atoms with Gasteiger partial charge < -0.3 is 0 Å². The van der Waals surface area contributed by atoms with Crippen molar-refractivity contribution in [1.29, 1.82) is 0 Å². The van der Waals surface area contributed by atoms with Crippen molar-refractivity contribution in [3.8, 4) is 5.82 Å². The van der Waals surface area contributed by atoms with Crippen LogP contribution in [0.15, 0.2) is 17.8 Å². The van der Waals surface area contributed by atoms with Gasteiger partial charge in [-0.3, -0.25) is 4.79 Å². The maximum atomic E-state index is 10.5. The lowest BCUT2D eigenvalue weighted by molar-refractivity contribution is 0.112. The van der Waals surface area contributed by atoms with Gasteiger partial charge in [-0.25, -0.2) is 9.67 Å². The summed E-state index contributed by atoms with van der Waals surface area (Å²) in [6.45, 7) is 6.36. The van der Waals surface area contributed by atoms with Gasteiger partial charge in [0.05, 0.1) is 11.8 Å². The Hall–Kier alpha value is -1.49. The summed E-state index contributed by atoms with van der Waals surface area (Å²) in [5.41, 5.74) is 0.606. The molecule has 0 radical (unpaired) electrons. The van der Waals surface area contributed by atoms with Crippen LogP contribution in [0.3, 0.4) is 0 Å². The van der Waals surface area contributed by atoms with E-state index in [9.17, 15) is 4.79 Å². The van der Waals surface area contributed by atoms with Crippen molar-refractivity contribution < 1.29 is 4.79 Å². The van der Waals surface area contributed by atoms with Crippen LogP contribution >= 0.6 is 11.3 Å². The fourth-order valence-corrected chi connectivity index (χ4v) is 2.12. The van der Waals surface area contributed by atoms with E-state index in [2.05, 4.69) is 30.9 Å². The number of nitrogens with zero attached hydrogens (tertiary/aromatic N) is 3. The largest absolute Gasteiger partial charge is 0.298 e. The van der Waals surface area contributed by atoms with Crippen LogP contribution in [-0.2, 0) is 5.41 Å². The topological polar surface area (TPSA) is 47.8 Å². The molecule has 0 amide bonds. The van der Waals surface area contributed by atoms with Crippen molar-refractivity contribution in [2.24, 2.45) is 0 Å². The van der Waals surface area contributed by atoms with Gasteiger partial charge in [-0.15, -0.1) is 11.3 Å². The van der Waals surface area contributed by atoms with Gasteiger partial charge in [0, 0.05) is 17.0 Å². The highest BCUT2D eigenvalue weighted by Crippen LogP contribution is 2.26. The van der Waals surface area contributed by atoms with Crippen molar-refractivity contribution >= 4 is 17.6 Å². The zero-order chi connectivity index (χ0) is 11.8. The van der Waals surface area contributed by atoms with E-state index in [4.69, 9.17) is 0 Å². The van der Waals surface area contributed by atoms with Crippen molar-refractivity contribution in [1.82, 2.24) is 14.8 Å². The molecule has 2 aromatic heterocycles. The zero-order valence-electron chi connectivity index (χ0n) is 9.47. The molecule has 5 heteroatoms.